The summed E-state index contributed by atoms with van der Waals surface area (Å²) in [5, 5.41) is 18.9. The molecule has 1 aromatic rings. The normalized spacial score (nSPS) is 8.73. The van der Waals surface area contributed by atoms with Gasteiger partial charge in [-0.05, 0) is 18.6 Å². The fourth-order valence-electron chi connectivity index (χ4n) is 0.992. The topological polar surface area (TPSA) is 80.4 Å². The van der Waals surface area contributed by atoms with Crippen LogP contribution < -0.4 is 0 Å². The number of nitrogens with zero attached hydrogens (tertiary/aromatic N) is 1. The Morgan fingerprint density at radius 3 is 2.27 bits per heavy atom. The zero-order valence-corrected chi connectivity index (χ0v) is 8.85. The number of nitro groups is 1. The van der Waals surface area contributed by atoms with Gasteiger partial charge >= 0.3 is 5.97 Å². The second-order valence-electron chi connectivity index (χ2n) is 2.62. The second kappa shape index (κ2) is 5.74. The Bertz CT molecular complexity index is 341. The molecule has 1 N–H and O–H groups in total. The summed E-state index contributed by atoms with van der Waals surface area (Å²) in [6.07, 6.45) is 0. The van der Waals surface area contributed by atoms with Crippen LogP contribution in [0.5, 0.6) is 0 Å². The Morgan fingerprint density at radius 2 is 1.87 bits per heavy atom. The van der Waals surface area contributed by atoms with Crippen LogP contribution in [-0.4, -0.2) is 16.0 Å². The van der Waals surface area contributed by atoms with Crippen LogP contribution in [0.3, 0.4) is 0 Å². The fraction of sp³-hybridized carbons (Fsp3) is 0.300. The van der Waals surface area contributed by atoms with Crippen LogP contribution in [0.2, 0.25) is 0 Å². The predicted octanol–water partition coefficient (Wildman–Crippen LogP) is 2.63. The summed E-state index contributed by atoms with van der Waals surface area (Å²) in [5.74, 6) is -1.16. The minimum Gasteiger partial charge on any atom is -0.478 e. The lowest BCUT2D eigenvalue weighted by Gasteiger charge is -1.97. The minimum atomic E-state index is -1.16. The van der Waals surface area contributed by atoms with Crippen molar-refractivity contribution in [2.24, 2.45) is 0 Å². The van der Waals surface area contributed by atoms with Gasteiger partial charge in [0.25, 0.3) is 5.69 Å². The number of benzene rings is 1. The van der Waals surface area contributed by atoms with Gasteiger partial charge in [0, 0.05) is 12.1 Å². The number of aryl methyl sites for hydroxylation is 1. The molecule has 0 atom stereocenters. The third-order valence-electron chi connectivity index (χ3n) is 1.52. The first kappa shape index (κ1) is 13.1. The molecule has 0 aliphatic rings. The molecule has 0 aliphatic carbocycles. The highest BCUT2D eigenvalue weighted by Crippen LogP contribution is 2.16. The van der Waals surface area contributed by atoms with Crippen molar-refractivity contribution < 1.29 is 14.8 Å². The molecule has 1 rings (SSSR count). The molecule has 0 spiro atoms. The molecule has 5 nitrogen and oxygen atoms in total. The van der Waals surface area contributed by atoms with Crippen molar-refractivity contribution in [1.29, 1.82) is 0 Å². The molecule has 82 valence electrons. The molecular formula is C10H13NO4. The molecule has 0 bridgehead atoms. The van der Waals surface area contributed by atoms with E-state index in [1.54, 1.807) is 6.92 Å². The first-order valence-corrected chi connectivity index (χ1v) is 4.50. The van der Waals surface area contributed by atoms with E-state index in [0.717, 1.165) is 6.07 Å². The third kappa shape index (κ3) is 3.76. The maximum Gasteiger partial charge on any atom is 0.335 e. The highest BCUT2D eigenvalue weighted by atomic mass is 16.6. The van der Waals surface area contributed by atoms with Crippen LogP contribution >= 0.6 is 0 Å². The number of aromatic carboxylic acids is 1. The van der Waals surface area contributed by atoms with Gasteiger partial charge in [0.1, 0.15) is 0 Å². The number of carbonyl (C=O) groups is 1. The van der Waals surface area contributed by atoms with Crippen molar-refractivity contribution in [2.75, 3.05) is 0 Å². The molecule has 0 fully saturated rings. The van der Waals surface area contributed by atoms with E-state index in [1.807, 2.05) is 13.8 Å². The molecule has 5 heteroatoms. The standard InChI is InChI=1S/C8H7NO4.C2H6/c1-5-2-6(8(10)11)4-7(3-5)9(12)13;1-2/h2-4H,1H3,(H,10,11);1-2H3. The van der Waals surface area contributed by atoms with Gasteiger partial charge in [-0.25, -0.2) is 4.79 Å². The van der Waals surface area contributed by atoms with E-state index in [2.05, 4.69) is 0 Å². The number of non-ortho nitro benzene ring substituents is 1. The summed E-state index contributed by atoms with van der Waals surface area (Å²) in [6, 6.07) is 3.75. The summed E-state index contributed by atoms with van der Waals surface area (Å²) in [5.41, 5.74) is 0.302. The van der Waals surface area contributed by atoms with Gasteiger partial charge in [0.05, 0.1) is 10.5 Å². The van der Waals surface area contributed by atoms with E-state index >= 15 is 0 Å². The number of carboxylic acid groups (broad SMARTS) is 1. The number of carboxylic acids is 1. The van der Waals surface area contributed by atoms with Crippen LogP contribution in [0.4, 0.5) is 5.69 Å². The van der Waals surface area contributed by atoms with Gasteiger partial charge in [-0.1, -0.05) is 13.8 Å². The van der Waals surface area contributed by atoms with Crippen LogP contribution in [-0.2, 0) is 0 Å². The summed E-state index contributed by atoms with van der Waals surface area (Å²) in [7, 11) is 0. The largest absolute Gasteiger partial charge is 0.478 e. The SMILES string of the molecule is CC.Cc1cc(C(=O)O)cc([N+](=O)[O-])c1. The van der Waals surface area contributed by atoms with Gasteiger partial charge in [0.2, 0.25) is 0 Å². The number of hydrogen-bond donors (Lipinski definition) is 1. The van der Waals surface area contributed by atoms with Crippen molar-refractivity contribution in [2.45, 2.75) is 20.8 Å². The van der Waals surface area contributed by atoms with E-state index < -0.39 is 10.9 Å². The maximum absolute atomic E-state index is 10.5. The van der Waals surface area contributed by atoms with Crippen molar-refractivity contribution in [3.8, 4) is 0 Å². The van der Waals surface area contributed by atoms with Crippen LogP contribution in [0.15, 0.2) is 18.2 Å². The molecule has 0 aromatic heterocycles. The molecule has 15 heavy (non-hydrogen) atoms. The monoisotopic (exact) mass is 211 g/mol. The first-order valence-electron chi connectivity index (χ1n) is 4.50. The summed E-state index contributed by atoms with van der Waals surface area (Å²) in [6.45, 7) is 5.61. The molecule has 0 heterocycles. The predicted molar refractivity (Wildman–Crippen MR) is 56.1 cm³/mol. The lowest BCUT2D eigenvalue weighted by atomic mass is 10.1. The van der Waals surface area contributed by atoms with Crippen LogP contribution in [0.25, 0.3) is 0 Å². The Kier molecular flexibility index (Phi) is 5.01. The first-order chi connectivity index (χ1) is 7.00. The van der Waals surface area contributed by atoms with E-state index in [0.29, 0.717) is 5.56 Å². The van der Waals surface area contributed by atoms with Gasteiger partial charge in [-0.2, -0.15) is 0 Å². The highest BCUT2D eigenvalue weighted by molar-refractivity contribution is 5.88. The summed E-state index contributed by atoms with van der Waals surface area (Å²) >= 11 is 0. The highest BCUT2D eigenvalue weighted by Gasteiger charge is 2.11. The Balaban J connectivity index is 0.000000921. The van der Waals surface area contributed by atoms with E-state index in [-0.39, 0.29) is 11.3 Å². The molecule has 0 aliphatic heterocycles. The summed E-state index contributed by atoms with van der Waals surface area (Å²) < 4.78 is 0. The third-order valence-corrected chi connectivity index (χ3v) is 1.52. The number of hydrogen-bond acceptors (Lipinski definition) is 3. The second-order valence-corrected chi connectivity index (χ2v) is 2.62. The Morgan fingerprint density at radius 1 is 1.33 bits per heavy atom. The van der Waals surface area contributed by atoms with Crippen LogP contribution in [0, 0.1) is 17.0 Å². The van der Waals surface area contributed by atoms with Crippen molar-refractivity contribution >= 4 is 11.7 Å². The molecule has 0 saturated heterocycles. The average molecular weight is 211 g/mol. The molecule has 0 amide bonds. The van der Waals surface area contributed by atoms with Gasteiger partial charge in [-0.3, -0.25) is 10.1 Å². The minimum absolute atomic E-state index is 0.0632. The molecule has 0 radical (unpaired) electrons. The van der Waals surface area contributed by atoms with E-state index in [1.165, 1.54) is 12.1 Å². The summed E-state index contributed by atoms with van der Waals surface area (Å²) in [4.78, 5) is 20.2. The zero-order chi connectivity index (χ0) is 12.0. The van der Waals surface area contributed by atoms with E-state index in [9.17, 15) is 14.9 Å². The Labute approximate surface area is 87.5 Å². The van der Waals surface area contributed by atoms with Crippen molar-refractivity contribution in [3.05, 3.63) is 39.4 Å². The van der Waals surface area contributed by atoms with Gasteiger partial charge in [0.15, 0.2) is 0 Å². The van der Waals surface area contributed by atoms with Crippen molar-refractivity contribution in [1.82, 2.24) is 0 Å². The molecular weight excluding hydrogens is 198 g/mol. The number of nitro benzene ring substituents is 1. The fourth-order valence-corrected chi connectivity index (χ4v) is 0.992. The quantitative estimate of drug-likeness (QED) is 0.602. The van der Waals surface area contributed by atoms with Gasteiger partial charge in [-0.15, -0.1) is 0 Å². The number of rotatable bonds is 2. The molecule has 0 saturated carbocycles. The lowest BCUT2D eigenvalue weighted by molar-refractivity contribution is -0.384. The zero-order valence-electron chi connectivity index (χ0n) is 8.85. The van der Waals surface area contributed by atoms with Gasteiger partial charge < -0.3 is 5.11 Å². The lowest BCUT2D eigenvalue weighted by Crippen LogP contribution is -1.98. The van der Waals surface area contributed by atoms with E-state index in [4.69, 9.17) is 5.11 Å². The average Bonchev–Trinajstić information content (AvgIpc) is 2.19. The smallest absolute Gasteiger partial charge is 0.335 e. The van der Waals surface area contributed by atoms with Crippen LogP contribution in [0.1, 0.15) is 29.8 Å². The van der Waals surface area contributed by atoms with Crippen molar-refractivity contribution in [3.63, 3.8) is 0 Å². The Hall–Kier alpha value is -1.91. The maximum atomic E-state index is 10.5. The molecule has 0 unspecified atom stereocenters. The molecule has 1 aromatic carbocycles.